The van der Waals surface area contributed by atoms with Gasteiger partial charge in [0.25, 0.3) is 0 Å². The Morgan fingerprint density at radius 3 is 2.74 bits per heavy atom. The highest BCUT2D eigenvalue weighted by Crippen LogP contribution is 2.34. The monoisotopic (exact) mass is 392 g/mol. The third-order valence-corrected chi connectivity index (χ3v) is 5.11. The van der Waals surface area contributed by atoms with Crippen LogP contribution in [0.1, 0.15) is 35.2 Å². The van der Waals surface area contributed by atoms with Crippen LogP contribution in [-0.2, 0) is 4.74 Å². The molecule has 0 saturated carbocycles. The van der Waals surface area contributed by atoms with Gasteiger partial charge in [-0.3, -0.25) is 0 Å². The van der Waals surface area contributed by atoms with E-state index < -0.39 is 0 Å². The predicted octanol–water partition coefficient (Wildman–Crippen LogP) is 2.06. The SMILES string of the molecule is Cc1cc(N2CCCOC[C@H]2c2ccc(C(CO)CO)cc2Cl)nc(N)n1. The predicted molar refractivity (Wildman–Crippen MR) is 105 cm³/mol. The van der Waals surface area contributed by atoms with Crippen molar-refractivity contribution in [2.75, 3.05) is 43.6 Å². The Bertz CT molecular complexity index is 765. The number of ether oxygens (including phenoxy) is 1. The first-order chi connectivity index (χ1) is 13.0. The van der Waals surface area contributed by atoms with Gasteiger partial charge in [0.1, 0.15) is 5.82 Å². The van der Waals surface area contributed by atoms with Crippen LogP contribution in [-0.4, -0.2) is 53.2 Å². The fourth-order valence-electron chi connectivity index (χ4n) is 3.37. The van der Waals surface area contributed by atoms with Crippen molar-refractivity contribution in [2.24, 2.45) is 0 Å². The summed E-state index contributed by atoms with van der Waals surface area (Å²) in [4.78, 5) is 10.7. The van der Waals surface area contributed by atoms with E-state index >= 15 is 0 Å². The molecule has 3 rings (SSSR count). The van der Waals surface area contributed by atoms with Crippen molar-refractivity contribution in [1.82, 2.24) is 9.97 Å². The van der Waals surface area contributed by atoms with E-state index in [1.807, 2.05) is 25.1 Å². The van der Waals surface area contributed by atoms with Gasteiger partial charge in [-0.2, -0.15) is 4.98 Å². The molecule has 1 atom stereocenters. The van der Waals surface area contributed by atoms with Gasteiger partial charge in [-0.1, -0.05) is 23.7 Å². The summed E-state index contributed by atoms with van der Waals surface area (Å²) in [7, 11) is 0. The molecule has 1 aromatic carbocycles. The van der Waals surface area contributed by atoms with Gasteiger partial charge in [0.05, 0.1) is 25.9 Å². The van der Waals surface area contributed by atoms with Crippen LogP contribution in [0.25, 0.3) is 0 Å². The van der Waals surface area contributed by atoms with E-state index in [-0.39, 0.29) is 31.1 Å². The molecule has 0 aliphatic carbocycles. The molecule has 0 amide bonds. The quantitative estimate of drug-likeness (QED) is 0.715. The van der Waals surface area contributed by atoms with Gasteiger partial charge in [-0.15, -0.1) is 0 Å². The van der Waals surface area contributed by atoms with E-state index in [9.17, 15) is 10.2 Å². The molecule has 1 fully saturated rings. The molecule has 1 aliphatic heterocycles. The molecule has 0 radical (unpaired) electrons. The van der Waals surface area contributed by atoms with Crippen molar-refractivity contribution in [2.45, 2.75) is 25.3 Å². The first-order valence-corrected chi connectivity index (χ1v) is 9.38. The number of benzene rings is 1. The molecule has 1 aromatic heterocycles. The number of hydrogen-bond donors (Lipinski definition) is 3. The molecule has 1 saturated heterocycles. The zero-order valence-electron chi connectivity index (χ0n) is 15.3. The maximum atomic E-state index is 9.41. The molecule has 146 valence electrons. The number of hydrogen-bond acceptors (Lipinski definition) is 7. The lowest BCUT2D eigenvalue weighted by Gasteiger charge is -2.31. The van der Waals surface area contributed by atoms with Gasteiger partial charge >= 0.3 is 0 Å². The Morgan fingerprint density at radius 2 is 2.07 bits per heavy atom. The van der Waals surface area contributed by atoms with Gasteiger partial charge in [0.15, 0.2) is 0 Å². The number of aromatic nitrogens is 2. The highest BCUT2D eigenvalue weighted by Gasteiger charge is 2.27. The van der Waals surface area contributed by atoms with Crippen molar-refractivity contribution in [3.63, 3.8) is 0 Å². The number of nitrogens with zero attached hydrogens (tertiary/aromatic N) is 3. The van der Waals surface area contributed by atoms with Crippen molar-refractivity contribution in [1.29, 1.82) is 0 Å². The van der Waals surface area contributed by atoms with E-state index in [1.54, 1.807) is 6.07 Å². The number of aliphatic hydroxyl groups excluding tert-OH is 2. The highest BCUT2D eigenvalue weighted by molar-refractivity contribution is 6.31. The third-order valence-electron chi connectivity index (χ3n) is 4.79. The summed E-state index contributed by atoms with van der Waals surface area (Å²) in [6, 6.07) is 7.41. The third kappa shape index (κ3) is 4.50. The molecule has 7 nitrogen and oxygen atoms in total. The number of aryl methyl sites for hydroxylation is 1. The minimum absolute atomic E-state index is 0.121. The number of nitrogen functional groups attached to an aromatic ring is 1. The van der Waals surface area contributed by atoms with Crippen molar-refractivity contribution in [3.05, 3.63) is 46.1 Å². The van der Waals surface area contributed by atoms with Gasteiger partial charge in [-0.25, -0.2) is 4.98 Å². The number of anilines is 2. The molecule has 27 heavy (non-hydrogen) atoms. The number of halogens is 1. The van der Waals surface area contributed by atoms with Crippen LogP contribution in [0.15, 0.2) is 24.3 Å². The average molecular weight is 393 g/mol. The molecule has 0 spiro atoms. The summed E-state index contributed by atoms with van der Waals surface area (Å²) in [6.07, 6.45) is 0.867. The Morgan fingerprint density at radius 1 is 1.30 bits per heavy atom. The second kappa shape index (κ2) is 8.84. The Hall–Kier alpha value is -1.93. The zero-order valence-corrected chi connectivity index (χ0v) is 16.1. The second-order valence-corrected chi connectivity index (χ2v) is 7.11. The van der Waals surface area contributed by atoms with E-state index in [0.29, 0.717) is 18.2 Å². The lowest BCUT2D eigenvalue weighted by molar-refractivity contribution is 0.134. The summed E-state index contributed by atoms with van der Waals surface area (Å²) in [5, 5.41) is 19.4. The first kappa shape index (κ1) is 19.8. The molecule has 8 heteroatoms. The summed E-state index contributed by atoms with van der Waals surface area (Å²) >= 11 is 6.59. The van der Waals surface area contributed by atoms with Crippen LogP contribution in [0.2, 0.25) is 5.02 Å². The van der Waals surface area contributed by atoms with Crippen molar-refractivity contribution >= 4 is 23.4 Å². The van der Waals surface area contributed by atoms with Crippen LogP contribution in [0, 0.1) is 6.92 Å². The Balaban J connectivity index is 1.98. The van der Waals surface area contributed by atoms with Gasteiger partial charge in [-0.05, 0) is 30.5 Å². The Labute approximate surface area is 163 Å². The molecule has 4 N–H and O–H groups in total. The van der Waals surface area contributed by atoms with Gasteiger partial charge in [0.2, 0.25) is 5.95 Å². The fraction of sp³-hybridized carbons (Fsp3) is 0.474. The summed E-state index contributed by atoms with van der Waals surface area (Å²) in [5.74, 6) is 0.644. The van der Waals surface area contributed by atoms with E-state index in [2.05, 4.69) is 14.9 Å². The summed E-state index contributed by atoms with van der Waals surface area (Å²) in [6.45, 7) is 3.52. The molecular weight excluding hydrogens is 368 g/mol. The van der Waals surface area contributed by atoms with Crippen molar-refractivity contribution < 1.29 is 14.9 Å². The Kier molecular flexibility index (Phi) is 6.49. The van der Waals surface area contributed by atoms with Gasteiger partial charge in [0, 0.05) is 35.9 Å². The summed E-state index contributed by atoms with van der Waals surface area (Å²) < 4.78 is 5.79. The second-order valence-electron chi connectivity index (χ2n) is 6.71. The maximum absolute atomic E-state index is 9.41. The number of rotatable bonds is 5. The van der Waals surface area contributed by atoms with Crippen molar-refractivity contribution in [3.8, 4) is 0 Å². The molecule has 1 aliphatic rings. The molecule has 2 aromatic rings. The maximum Gasteiger partial charge on any atom is 0.222 e. The molecular formula is C19H25ClN4O3. The topological polar surface area (TPSA) is 105 Å². The number of aliphatic hydroxyl groups is 2. The molecule has 0 bridgehead atoms. The molecule has 0 unspecified atom stereocenters. The standard InChI is InChI=1S/C19H25ClN4O3/c1-12-7-18(23-19(21)22-12)24-5-2-6-27-11-17(24)15-4-3-13(8-16(15)20)14(9-25)10-26/h3-4,7-8,14,17,25-26H,2,5-6,9-11H2,1H3,(H2,21,22,23)/t17-/m0/s1. The van der Waals surface area contributed by atoms with Crippen LogP contribution < -0.4 is 10.6 Å². The zero-order chi connectivity index (χ0) is 19.4. The van der Waals surface area contributed by atoms with Gasteiger partial charge < -0.3 is 25.6 Å². The normalized spacial score (nSPS) is 18.0. The van der Waals surface area contributed by atoms with Crippen LogP contribution >= 0.6 is 11.6 Å². The van der Waals surface area contributed by atoms with E-state index in [0.717, 1.165) is 35.6 Å². The minimum Gasteiger partial charge on any atom is -0.396 e. The van der Waals surface area contributed by atoms with E-state index in [4.69, 9.17) is 22.1 Å². The smallest absolute Gasteiger partial charge is 0.222 e. The lowest BCUT2D eigenvalue weighted by Crippen LogP contribution is -2.32. The average Bonchev–Trinajstić information content (AvgIpc) is 2.88. The summed E-state index contributed by atoms with van der Waals surface area (Å²) in [5.41, 5.74) is 8.36. The van der Waals surface area contributed by atoms with Crippen LogP contribution in [0.3, 0.4) is 0 Å². The first-order valence-electron chi connectivity index (χ1n) is 9.00. The highest BCUT2D eigenvalue weighted by atomic mass is 35.5. The molecule has 2 heterocycles. The minimum atomic E-state index is -0.345. The lowest BCUT2D eigenvalue weighted by atomic mass is 9.97. The largest absolute Gasteiger partial charge is 0.396 e. The van der Waals surface area contributed by atoms with E-state index in [1.165, 1.54) is 0 Å². The number of nitrogens with two attached hydrogens (primary N) is 1. The van der Waals surface area contributed by atoms with Crippen LogP contribution in [0.5, 0.6) is 0 Å². The van der Waals surface area contributed by atoms with Crippen LogP contribution in [0.4, 0.5) is 11.8 Å². The fourth-order valence-corrected chi connectivity index (χ4v) is 3.68.